The van der Waals surface area contributed by atoms with Gasteiger partial charge >= 0.3 is 0 Å². The summed E-state index contributed by atoms with van der Waals surface area (Å²) >= 11 is 2.99. The van der Waals surface area contributed by atoms with E-state index in [0.717, 1.165) is 12.1 Å². The summed E-state index contributed by atoms with van der Waals surface area (Å²) in [5, 5.41) is 0. The molecule has 0 aliphatic carbocycles. The van der Waals surface area contributed by atoms with Crippen LogP contribution in [0.15, 0.2) is 23.2 Å². The Bertz CT molecular complexity index is 381. The summed E-state index contributed by atoms with van der Waals surface area (Å²) in [4.78, 5) is 10.3. The second kappa shape index (κ2) is 5.02. The number of aldehydes is 1. The molecule has 5 heteroatoms. The van der Waals surface area contributed by atoms with Crippen LogP contribution in [0.1, 0.15) is 10.4 Å². The van der Waals surface area contributed by atoms with E-state index in [0.29, 0.717) is 10.8 Å². The van der Waals surface area contributed by atoms with Gasteiger partial charge in [-0.05, 0) is 12.1 Å². The standard InChI is InChI=1S/C10H7BrF2O2/c1-6(11)5-15-10-8(12)2-7(4-14)3-9(10)13/h2-4H,1,5H2. The summed E-state index contributed by atoms with van der Waals surface area (Å²) in [5.41, 5.74) is -0.0741. The van der Waals surface area contributed by atoms with Crippen molar-refractivity contribution in [3.63, 3.8) is 0 Å². The van der Waals surface area contributed by atoms with Crippen LogP contribution in [-0.2, 0) is 0 Å². The Morgan fingerprint density at radius 2 is 2.00 bits per heavy atom. The van der Waals surface area contributed by atoms with E-state index in [1.807, 2.05) is 0 Å². The Labute approximate surface area is 93.7 Å². The van der Waals surface area contributed by atoms with E-state index < -0.39 is 17.4 Å². The lowest BCUT2D eigenvalue weighted by atomic mass is 10.2. The van der Waals surface area contributed by atoms with Crippen LogP contribution in [-0.4, -0.2) is 12.9 Å². The highest BCUT2D eigenvalue weighted by Crippen LogP contribution is 2.23. The van der Waals surface area contributed by atoms with Crippen molar-refractivity contribution >= 4 is 22.2 Å². The van der Waals surface area contributed by atoms with Crippen molar-refractivity contribution in [2.24, 2.45) is 0 Å². The van der Waals surface area contributed by atoms with E-state index >= 15 is 0 Å². The molecule has 0 aliphatic heterocycles. The first kappa shape index (κ1) is 11.8. The Morgan fingerprint density at radius 3 is 2.40 bits per heavy atom. The van der Waals surface area contributed by atoms with Crippen LogP contribution < -0.4 is 4.74 Å². The highest BCUT2D eigenvalue weighted by atomic mass is 79.9. The molecule has 1 aromatic rings. The molecule has 0 saturated carbocycles. The summed E-state index contributed by atoms with van der Waals surface area (Å²) in [7, 11) is 0. The number of hydrogen-bond acceptors (Lipinski definition) is 2. The largest absolute Gasteiger partial charge is 0.482 e. The lowest BCUT2D eigenvalue weighted by Gasteiger charge is -2.07. The summed E-state index contributed by atoms with van der Waals surface area (Å²) in [6, 6.07) is 1.81. The smallest absolute Gasteiger partial charge is 0.191 e. The van der Waals surface area contributed by atoms with Crippen molar-refractivity contribution in [3.05, 3.63) is 40.4 Å². The third-order valence-corrected chi connectivity index (χ3v) is 1.76. The number of hydrogen-bond donors (Lipinski definition) is 0. The molecule has 0 atom stereocenters. The van der Waals surface area contributed by atoms with E-state index in [1.54, 1.807) is 0 Å². The van der Waals surface area contributed by atoms with Crippen LogP contribution in [0.5, 0.6) is 5.75 Å². The molecule has 15 heavy (non-hydrogen) atoms. The molecule has 80 valence electrons. The second-order valence-electron chi connectivity index (χ2n) is 2.74. The van der Waals surface area contributed by atoms with E-state index in [2.05, 4.69) is 22.5 Å². The molecule has 0 aliphatic rings. The van der Waals surface area contributed by atoms with Crippen LogP contribution in [0.3, 0.4) is 0 Å². The number of benzene rings is 1. The Hall–Kier alpha value is -1.23. The zero-order valence-electron chi connectivity index (χ0n) is 7.60. The molecule has 0 amide bonds. The number of carbonyl (C=O) groups is 1. The average Bonchev–Trinajstić information content (AvgIpc) is 2.15. The van der Waals surface area contributed by atoms with E-state index in [4.69, 9.17) is 4.74 Å². The van der Waals surface area contributed by atoms with Crippen molar-refractivity contribution in [1.82, 2.24) is 0 Å². The fraction of sp³-hybridized carbons (Fsp3) is 0.100. The molecule has 0 N–H and O–H groups in total. The van der Waals surface area contributed by atoms with Crippen molar-refractivity contribution in [3.8, 4) is 5.75 Å². The average molecular weight is 277 g/mol. The number of halogens is 3. The van der Waals surface area contributed by atoms with E-state index in [1.165, 1.54) is 0 Å². The maximum Gasteiger partial charge on any atom is 0.191 e. The summed E-state index contributed by atoms with van der Waals surface area (Å²) in [6.45, 7) is 3.41. The van der Waals surface area contributed by atoms with Gasteiger partial charge in [0.1, 0.15) is 12.9 Å². The maximum atomic E-state index is 13.2. The molecule has 0 bridgehead atoms. The lowest BCUT2D eigenvalue weighted by Crippen LogP contribution is -2.01. The van der Waals surface area contributed by atoms with E-state index in [-0.39, 0.29) is 12.2 Å². The van der Waals surface area contributed by atoms with Gasteiger partial charge in [-0.15, -0.1) is 0 Å². The predicted molar refractivity (Wildman–Crippen MR) is 55.3 cm³/mol. The summed E-state index contributed by atoms with van der Waals surface area (Å²) in [5.74, 6) is -2.34. The molecule has 0 aromatic heterocycles. The minimum absolute atomic E-state index is 0.0473. The Kier molecular flexibility index (Phi) is 3.96. The molecule has 0 heterocycles. The monoisotopic (exact) mass is 276 g/mol. The molecular weight excluding hydrogens is 270 g/mol. The van der Waals surface area contributed by atoms with Gasteiger partial charge in [-0.2, -0.15) is 0 Å². The molecule has 2 nitrogen and oxygen atoms in total. The van der Waals surface area contributed by atoms with Gasteiger partial charge in [0.15, 0.2) is 17.4 Å². The van der Waals surface area contributed by atoms with Crippen molar-refractivity contribution in [2.75, 3.05) is 6.61 Å². The number of ether oxygens (including phenoxy) is 1. The first-order valence-corrected chi connectivity index (χ1v) is 4.74. The molecule has 0 fully saturated rings. The molecule has 0 spiro atoms. The first-order valence-electron chi connectivity index (χ1n) is 3.95. The third kappa shape index (κ3) is 3.13. The van der Waals surface area contributed by atoms with Crippen LogP contribution in [0.4, 0.5) is 8.78 Å². The maximum absolute atomic E-state index is 13.2. The Morgan fingerprint density at radius 1 is 1.47 bits per heavy atom. The minimum Gasteiger partial charge on any atom is -0.482 e. The molecule has 0 radical (unpaired) electrons. The molecule has 1 rings (SSSR count). The minimum atomic E-state index is -0.911. The second-order valence-corrected chi connectivity index (χ2v) is 3.86. The fourth-order valence-corrected chi connectivity index (χ4v) is 1.05. The van der Waals surface area contributed by atoms with Crippen molar-refractivity contribution in [1.29, 1.82) is 0 Å². The number of carbonyl (C=O) groups excluding carboxylic acids is 1. The SMILES string of the molecule is C=C(Br)COc1c(F)cc(C=O)cc1F. The zero-order valence-corrected chi connectivity index (χ0v) is 9.18. The lowest BCUT2D eigenvalue weighted by molar-refractivity contribution is 0.112. The molecule has 0 saturated heterocycles. The summed E-state index contributed by atoms with van der Waals surface area (Å²) in [6.07, 6.45) is 0.360. The quantitative estimate of drug-likeness (QED) is 0.790. The van der Waals surface area contributed by atoms with Crippen LogP contribution >= 0.6 is 15.9 Å². The van der Waals surface area contributed by atoms with Gasteiger partial charge in [0.2, 0.25) is 0 Å². The van der Waals surface area contributed by atoms with E-state index in [9.17, 15) is 13.6 Å². The van der Waals surface area contributed by atoms with Crippen molar-refractivity contribution < 1.29 is 18.3 Å². The van der Waals surface area contributed by atoms with Crippen LogP contribution in [0, 0.1) is 11.6 Å². The predicted octanol–water partition coefficient (Wildman–Crippen LogP) is 3.06. The van der Waals surface area contributed by atoms with Gasteiger partial charge in [0.05, 0.1) is 0 Å². The van der Waals surface area contributed by atoms with Gasteiger partial charge in [0, 0.05) is 10.0 Å². The van der Waals surface area contributed by atoms with Gasteiger partial charge in [0.25, 0.3) is 0 Å². The van der Waals surface area contributed by atoms with Gasteiger partial charge < -0.3 is 4.74 Å². The molecule has 1 aromatic carbocycles. The van der Waals surface area contributed by atoms with Crippen molar-refractivity contribution in [2.45, 2.75) is 0 Å². The highest BCUT2D eigenvalue weighted by Gasteiger charge is 2.12. The van der Waals surface area contributed by atoms with Gasteiger partial charge in [-0.1, -0.05) is 22.5 Å². The fourth-order valence-electron chi connectivity index (χ4n) is 0.936. The Balaban J connectivity index is 2.97. The van der Waals surface area contributed by atoms with Crippen LogP contribution in [0.2, 0.25) is 0 Å². The third-order valence-electron chi connectivity index (χ3n) is 1.53. The highest BCUT2D eigenvalue weighted by molar-refractivity contribution is 9.11. The normalized spacial score (nSPS) is 9.80. The molecule has 0 unspecified atom stereocenters. The first-order chi connectivity index (χ1) is 7.04. The zero-order chi connectivity index (χ0) is 11.4. The van der Waals surface area contributed by atoms with Gasteiger partial charge in [-0.3, -0.25) is 4.79 Å². The topological polar surface area (TPSA) is 26.3 Å². The number of rotatable bonds is 4. The van der Waals surface area contributed by atoms with Gasteiger partial charge in [-0.25, -0.2) is 8.78 Å². The molecular formula is C10H7BrF2O2. The van der Waals surface area contributed by atoms with Crippen LogP contribution in [0.25, 0.3) is 0 Å². The summed E-state index contributed by atoms with van der Waals surface area (Å²) < 4.78 is 31.6.